The molecule has 0 fully saturated rings. The third kappa shape index (κ3) is 2.72. The number of rotatable bonds is 3. The van der Waals surface area contributed by atoms with Gasteiger partial charge < -0.3 is 14.7 Å². The Balaban J connectivity index is 1.95. The third-order valence-electron chi connectivity index (χ3n) is 3.20. The molecule has 0 unspecified atom stereocenters. The molecule has 0 saturated carbocycles. The molecule has 3 rings (SSSR count). The molecule has 0 radical (unpaired) electrons. The molecule has 1 aromatic heterocycles. The first kappa shape index (κ1) is 13.2. The maximum atomic E-state index is 9.49. The number of phenolic OH excluding ortho intramolecular Hbond substituents is 2. The van der Waals surface area contributed by atoms with Gasteiger partial charge in [0, 0.05) is 17.2 Å². The number of benzene rings is 2. The largest absolute Gasteiger partial charge is 0.508 e. The van der Waals surface area contributed by atoms with Gasteiger partial charge >= 0.3 is 0 Å². The van der Waals surface area contributed by atoms with Crippen LogP contribution in [0.2, 0.25) is 0 Å². The standard InChI is InChI=1S/C16H14N2O3/c1-2-10-3-5-11(6-4-10)15-17-16(21-18-15)12-7-13(19)9-14(20)8-12/h3-9,19-20H,2H2,1H3. The molecule has 0 atom stereocenters. The van der Waals surface area contributed by atoms with Crippen molar-refractivity contribution in [3.05, 3.63) is 48.0 Å². The predicted molar refractivity (Wildman–Crippen MR) is 77.9 cm³/mol. The van der Waals surface area contributed by atoms with Crippen LogP contribution in [0.25, 0.3) is 22.8 Å². The van der Waals surface area contributed by atoms with Gasteiger partial charge in [0.15, 0.2) is 0 Å². The molecule has 21 heavy (non-hydrogen) atoms. The van der Waals surface area contributed by atoms with Crippen molar-refractivity contribution in [2.24, 2.45) is 0 Å². The van der Waals surface area contributed by atoms with E-state index in [2.05, 4.69) is 17.1 Å². The van der Waals surface area contributed by atoms with Crippen LogP contribution in [-0.4, -0.2) is 20.4 Å². The summed E-state index contributed by atoms with van der Waals surface area (Å²) in [4.78, 5) is 4.29. The molecule has 0 saturated heterocycles. The highest BCUT2D eigenvalue weighted by molar-refractivity contribution is 5.62. The maximum absolute atomic E-state index is 9.49. The Morgan fingerprint density at radius 1 is 0.952 bits per heavy atom. The minimum atomic E-state index is -0.0583. The first-order chi connectivity index (χ1) is 10.2. The molecule has 0 aliphatic rings. The van der Waals surface area contributed by atoms with E-state index in [0.29, 0.717) is 11.4 Å². The van der Waals surface area contributed by atoms with Gasteiger partial charge in [0.25, 0.3) is 5.89 Å². The van der Waals surface area contributed by atoms with Crippen molar-refractivity contribution < 1.29 is 14.7 Å². The highest BCUT2D eigenvalue weighted by Gasteiger charge is 2.12. The fourth-order valence-electron chi connectivity index (χ4n) is 2.07. The van der Waals surface area contributed by atoms with Crippen LogP contribution in [0.5, 0.6) is 11.5 Å². The van der Waals surface area contributed by atoms with Gasteiger partial charge in [0.05, 0.1) is 0 Å². The number of aromatic nitrogens is 2. The van der Waals surface area contributed by atoms with E-state index in [0.717, 1.165) is 12.0 Å². The van der Waals surface area contributed by atoms with Gasteiger partial charge in [-0.25, -0.2) is 0 Å². The predicted octanol–water partition coefficient (Wildman–Crippen LogP) is 3.38. The summed E-state index contributed by atoms with van der Waals surface area (Å²) < 4.78 is 5.19. The van der Waals surface area contributed by atoms with Crippen LogP contribution in [0.4, 0.5) is 0 Å². The fraction of sp³-hybridized carbons (Fsp3) is 0.125. The Bertz CT molecular complexity index is 743. The lowest BCUT2D eigenvalue weighted by atomic mass is 10.1. The van der Waals surface area contributed by atoms with E-state index in [4.69, 9.17) is 4.52 Å². The summed E-state index contributed by atoms with van der Waals surface area (Å²) in [5.74, 6) is 0.598. The Hall–Kier alpha value is -2.82. The summed E-state index contributed by atoms with van der Waals surface area (Å²) in [7, 11) is 0. The van der Waals surface area contributed by atoms with Gasteiger partial charge in [-0.1, -0.05) is 36.3 Å². The lowest BCUT2D eigenvalue weighted by molar-refractivity contribution is 0.428. The van der Waals surface area contributed by atoms with Crippen molar-refractivity contribution in [2.45, 2.75) is 13.3 Å². The van der Waals surface area contributed by atoms with Gasteiger partial charge in [0.2, 0.25) is 5.82 Å². The van der Waals surface area contributed by atoms with Crippen LogP contribution < -0.4 is 0 Å². The Morgan fingerprint density at radius 2 is 1.62 bits per heavy atom. The van der Waals surface area contributed by atoms with Crippen molar-refractivity contribution in [3.63, 3.8) is 0 Å². The zero-order valence-corrected chi connectivity index (χ0v) is 11.4. The Kier molecular flexibility index (Phi) is 3.31. The first-order valence-electron chi connectivity index (χ1n) is 6.62. The van der Waals surface area contributed by atoms with E-state index in [9.17, 15) is 10.2 Å². The maximum Gasteiger partial charge on any atom is 0.258 e. The van der Waals surface area contributed by atoms with Gasteiger partial charge in [0.1, 0.15) is 11.5 Å². The Labute approximate surface area is 121 Å². The molecule has 5 heteroatoms. The van der Waals surface area contributed by atoms with Gasteiger partial charge in [-0.3, -0.25) is 0 Å². The lowest BCUT2D eigenvalue weighted by Gasteiger charge is -1.98. The van der Waals surface area contributed by atoms with Crippen LogP contribution in [-0.2, 0) is 6.42 Å². The zero-order valence-electron chi connectivity index (χ0n) is 11.4. The fourth-order valence-corrected chi connectivity index (χ4v) is 2.07. The minimum Gasteiger partial charge on any atom is -0.508 e. The van der Waals surface area contributed by atoms with Crippen molar-refractivity contribution in [1.29, 1.82) is 0 Å². The average molecular weight is 282 g/mol. The summed E-state index contributed by atoms with van der Waals surface area (Å²) in [6.07, 6.45) is 0.973. The second kappa shape index (κ2) is 5.28. The average Bonchev–Trinajstić information content (AvgIpc) is 2.96. The second-order valence-electron chi connectivity index (χ2n) is 4.71. The normalized spacial score (nSPS) is 10.7. The third-order valence-corrected chi connectivity index (χ3v) is 3.20. The van der Waals surface area contributed by atoms with Crippen LogP contribution in [0.3, 0.4) is 0 Å². The lowest BCUT2D eigenvalue weighted by Crippen LogP contribution is -1.83. The SMILES string of the molecule is CCc1ccc(-c2noc(-c3cc(O)cc(O)c3)n2)cc1. The van der Waals surface area contributed by atoms with Crippen molar-refractivity contribution in [2.75, 3.05) is 0 Å². The number of aryl methyl sites for hydroxylation is 1. The van der Waals surface area contributed by atoms with E-state index in [1.807, 2.05) is 24.3 Å². The second-order valence-corrected chi connectivity index (χ2v) is 4.71. The molecule has 1 heterocycles. The van der Waals surface area contributed by atoms with E-state index < -0.39 is 0 Å². The number of nitrogens with zero attached hydrogens (tertiary/aromatic N) is 2. The van der Waals surface area contributed by atoms with E-state index >= 15 is 0 Å². The van der Waals surface area contributed by atoms with Gasteiger partial charge in [-0.15, -0.1) is 0 Å². The van der Waals surface area contributed by atoms with E-state index in [1.54, 1.807) is 0 Å². The van der Waals surface area contributed by atoms with Crippen LogP contribution >= 0.6 is 0 Å². The number of phenols is 2. The molecule has 0 aliphatic carbocycles. The summed E-state index contributed by atoms with van der Waals surface area (Å²) in [6, 6.07) is 12.1. The topological polar surface area (TPSA) is 79.4 Å². The molecule has 2 aromatic carbocycles. The molecule has 3 aromatic rings. The van der Waals surface area contributed by atoms with Crippen LogP contribution in [0.15, 0.2) is 47.0 Å². The number of aromatic hydroxyl groups is 2. The quantitative estimate of drug-likeness (QED) is 0.769. The Morgan fingerprint density at radius 3 is 2.24 bits per heavy atom. The number of hydrogen-bond donors (Lipinski definition) is 2. The molecular weight excluding hydrogens is 268 g/mol. The summed E-state index contributed by atoms with van der Waals surface area (Å²) in [5.41, 5.74) is 2.56. The van der Waals surface area contributed by atoms with E-state index in [1.165, 1.54) is 23.8 Å². The zero-order chi connectivity index (χ0) is 14.8. The van der Waals surface area contributed by atoms with Gasteiger partial charge in [-0.05, 0) is 24.1 Å². The molecule has 5 nitrogen and oxygen atoms in total. The monoisotopic (exact) mass is 282 g/mol. The van der Waals surface area contributed by atoms with Crippen LogP contribution in [0, 0.1) is 0 Å². The van der Waals surface area contributed by atoms with Crippen molar-refractivity contribution >= 4 is 0 Å². The summed E-state index contributed by atoms with van der Waals surface area (Å²) in [6.45, 7) is 2.09. The molecule has 2 N–H and O–H groups in total. The molecule has 0 amide bonds. The molecule has 0 spiro atoms. The summed E-state index contributed by atoms with van der Waals surface area (Å²) >= 11 is 0. The summed E-state index contributed by atoms with van der Waals surface area (Å²) in [5, 5.41) is 22.9. The van der Waals surface area contributed by atoms with Crippen molar-refractivity contribution in [1.82, 2.24) is 10.1 Å². The molecule has 0 bridgehead atoms. The smallest absolute Gasteiger partial charge is 0.258 e. The van der Waals surface area contributed by atoms with E-state index in [-0.39, 0.29) is 17.4 Å². The highest BCUT2D eigenvalue weighted by atomic mass is 16.5. The minimum absolute atomic E-state index is 0.0583. The van der Waals surface area contributed by atoms with Crippen LogP contribution in [0.1, 0.15) is 12.5 Å². The first-order valence-corrected chi connectivity index (χ1v) is 6.62. The number of hydrogen-bond acceptors (Lipinski definition) is 5. The molecule has 0 aliphatic heterocycles. The van der Waals surface area contributed by atoms with Gasteiger partial charge in [-0.2, -0.15) is 4.98 Å². The molecule has 106 valence electrons. The highest BCUT2D eigenvalue weighted by Crippen LogP contribution is 2.28. The molecular formula is C16H14N2O3. The van der Waals surface area contributed by atoms with Crippen molar-refractivity contribution in [3.8, 4) is 34.3 Å².